The molecule has 0 aromatic carbocycles. The van der Waals surface area contributed by atoms with Gasteiger partial charge in [-0.3, -0.25) is 4.79 Å². The van der Waals surface area contributed by atoms with E-state index in [1.807, 2.05) is 13.8 Å². The first-order chi connectivity index (χ1) is 7.54. The van der Waals surface area contributed by atoms with Crippen LogP contribution in [-0.2, 0) is 9.53 Å². The van der Waals surface area contributed by atoms with Crippen molar-refractivity contribution in [3.05, 3.63) is 0 Å². The molecule has 16 heavy (non-hydrogen) atoms. The quantitative estimate of drug-likeness (QED) is 0.504. The maximum absolute atomic E-state index is 11.6. The van der Waals surface area contributed by atoms with E-state index >= 15 is 0 Å². The number of ether oxygens (including phenoxy) is 1. The first-order valence-corrected chi connectivity index (χ1v) is 6.50. The molecule has 0 aromatic heterocycles. The number of rotatable bonds is 9. The smallest absolute Gasteiger partial charge is 0.226 e. The Balaban J connectivity index is 3.42. The van der Waals surface area contributed by atoms with Gasteiger partial charge in [-0.2, -0.15) is 0 Å². The highest BCUT2D eigenvalue weighted by atomic mass is 35.5. The van der Waals surface area contributed by atoms with Crippen molar-refractivity contribution in [2.24, 2.45) is 5.41 Å². The number of amides is 1. The van der Waals surface area contributed by atoms with Gasteiger partial charge in [-0.05, 0) is 26.7 Å². The lowest BCUT2D eigenvalue weighted by atomic mass is 9.95. The maximum Gasteiger partial charge on any atom is 0.226 e. The van der Waals surface area contributed by atoms with Crippen LogP contribution in [0, 0.1) is 5.41 Å². The van der Waals surface area contributed by atoms with Gasteiger partial charge in [-0.1, -0.05) is 13.3 Å². The van der Waals surface area contributed by atoms with Gasteiger partial charge in [0.2, 0.25) is 5.91 Å². The molecule has 4 heteroatoms. The van der Waals surface area contributed by atoms with Gasteiger partial charge in [0, 0.05) is 25.6 Å². The van der Waals surface area contributed by atoms with Gasteiger partial charge >= 0.3 is 0 Å². The highest BCUT2D eigenvalue weighted by Crippen LogP contribution is 2.16. The van der Waals surface area contributed by atoms with Crippen LogP contribution in [0.3, 0.4) is 0 Å². The van der Waals surface area contributed by atoms with E-state index in [9.17, 15) is 4.79 Å². The molecule has 0 aliphatic rings. The van der Waals surface area contributed by atoms with Gasteiger partial charge in [-0.15, -0.1) is 11.6 Å². The molecule has 1 N–H and O–H groups in total. The van der Waals surface area contributed by atoms with Gasteiger partial charge in [0.05, 0.1) is 5.41 Å². The molecule has 0 bridgehead atoms. The van der Waals surface area contributed by atoms with Crippen molar-refractivity contribution in [3.8, 4) is 0 Å². The Hall–Kier alpha value is -0.280. The van der Waals surface area contributed by atoms with Gasteiger partial charge in [-0.25, -0.2) is 0 Å². The molecule has 3 nitrogen and oxygen atoms in total. The second-order valence-corrected chi connectivity index (χ2v) is 4.86. The van der Waals surface area contributed by atoms with Gasteiger partial charge in [0.15, 0.2) is 0 Å². The minimum Gasteiger partial charge on any atom is -0.381 e. The summed E-state index contributed by atoms with van der Waals surface area (Å²) in [4.78, 5) is 11.6. The fourth-order valence-corrected chi connectivity index (χ4v) is 1.15. The normalized spacial score (nSPS) is 11.5. The van der Waals surface area contributed by atoms with E-state index in [4.69, 9.17) is 16.3 Å². The number of carbonyl (C=O) groups is 1. The van der Waals surface area contributed by atoms with E-state index < -0.39 is 5.41 Å². The van der Waals surface area contributed by atoms with E-state index in [0.717, 1.165) is 25.9 Å². The third-order valence-electron chi connectivity index (χ3n) is 2.34. The zero-order valence-corrected chi connectivity index (χ0v) is 11.4. The topological polar surface area (TPSA) is 38.3 Å². The molecule has 0 heterocycles. The Morgan fingerprint density at radius 3 is 2.50 bits per heavy atom. The molecular formula is C12H24ClNO2. The number of alkyl halides is 1. The summed E-state index contributed by atoms with van der Waals surface area (Å²) in [5.41, 5.74) is -0.482. The average Bonchev–Trinajstić information content (AvgIpc) is 2.27. The lowest BCUT2D eigenvalue weighted by Crippen LogP contribution is -2.38. The van der Waals surface area contributed by atoms with Crippen molar-refractivity contribution in [1.29, 1.82) is 0 Å². The molecular weight excluding hydrogens is 226 g/mol. The van der Waals surface area contributed by atoms with Crippen LogP contribution in [0.15, 0.2) is 0 Å². The largest absolute Gasteiger partial charge is 0.381 e. The summed E-state index contributed by atoms with van der Waals surface area (Å²) < 4.78 is 5.39. The average molecular weight is 250 g/mol. The number of nitrogens with one attached hydrogen (secondary N) is 1. The monoisotopic (exact) mass is 249 g/mol. The predicted molar refractivity (Wildman–Crippen MR) is 67.9 cm³/mol. The molecule has 1 amide bonds. The van der Waals surface area contributed by atoms with Crippen molar-refractivity contribution in [2.75, 3.05) is 25.6 Å². The first-order valence-electron chi connectivity index (χ1n) is 5.96. The third-order valence-corrected chi connectivity index (χ3v) is 3.01. The second kappa shape index (κ2) is 8.82. The minimum atomic E-state index is -0.482. The van der Waals surface area contributed by atoms with Crippen LogP contribution in [0.2, 0.25) is 0 Å². The summed E-state index contributed by atoms with van der Waals surface area (Å²) in [5, 5.41) is 2.86. The fraction of sp³-hybridized carbons (Fsp3) is 0.917. The van der Waals surface area contributed by atoms with Crippen LogP contribution < -0.4 is 5.32 Å². The molecule has 0 saturated heterocycles. The van der Waals surface area contributed by atoms with Crippen molar-refractivity contribution >= 4 is 17.5 Å². The lowest BCUT2D eigenvalue weighted by molar-refractivity contribution is -0.128. The van der Waals surface area contributed by atoms with E-state index in [-0.39, 0.29) is 5.91 Å². The second-order valence-electron chi connectivity index (χ2n) is 4.59. The fourth-order valence-electron chi connectivity index (χ4n) is 1.02. The van der Waals surface area contributed by atoms with Gasteiger partial charge in [0.25, 0.3) is 0 Å². The molecule has 0 atom stereocenters. The number of halogens is 1. The van der Waals surface area contributed by atoms with E-state index in [1.54, 1.807) is 0 Å². The van der Waals surface area contributed by atoms with E-state index in [0.29, 0.717) is 19.0 Å². The van der Waals surface area contributed by atoms with E-state index in [2.05, 4.69) is 12.2 Å². The van der Waals surface area contributed by atoms with Gasteiger partial charge in [0.1, 0.15) is 0 Å². The summed E-state index contributed by atoms with van der Waals surface area (Å²) in [6.07, 6.45) is 3.11. The highest BCUT2D eigenvalue weighted by Gasteiger charge is 2.25. The van der Waals surface area contributed by atoms with Crippen LogP contribution in [0.5, 0.6) is 0 Å². The number of hydrogen-bond acceptors (Lipinski definition) is 2. The molecule has 0 rings (SSSR count). The Morgan fingerprint density at radius 2 is 1.94 bits per heavy atom. The summed E-state index contributed by atoms with van der Waals surface area (Å²) >= 11 is 5.70. The molecule has 0 spiro atoms. The van der Waals surface area contributed by atoms with Crippen LogP contribution in [-0.4, -0.2) is 31.5 Å². The molecule has 0 unspecified atom stereocenters. The predicted octanol–water partition coefficient (Wildman–Crippen LogP) is 2.57. The third kappa shape index (κ3) is 7.07. The van der Waals surface area contributed by atoms with Crippen LogP contribution in [0.25, 0.3) is 0 Å². The molecule has 0 aliphatic carbocycles. The number of carbonyl (C=O) groups excluding carboxylic acids is 1. The summed E-state index contributed by atoms with van der Waals surface area (Å²) in [6, 6.07) is 0. The SMILES string of the molecule is CCCCOCCCNC(=O)C(C)(C)CCl. The molecule has 0 fully saturated rings. The van der Waals surface area contributed by atoms with E-state index in [1.165, 1.54) is 0 Å². The Labute approximate surface area is 104 Å². The lowest BCUT2D eigenvalue weighted by Gasteiger charge is -2.20. The Bertz CT molecular complexity index is 195. The molecule has 96 valence electrons. The van der Waals surface area contributed by atoms with Gasteiger partial charge < -0.3 is 10.1 Å². The van der Waals surface area contributed by atoms with Crippen molar-refractivity contribution in [1.82, 2.24) is 5.32 Å². The van der Waals surface area contributed by atoms with Crippen LogP contribution in [0.4, 0.5) is 0 Å². The van der Waals surface area contributed by atoms with Crippen LogP contribution in [0.1, 0.15) is 40.0 Å². The molecule has 0 radical (unpaired) electrons. The molecule has 0 aliphatic heterocycles. The van der Waals surface area contributed by atoms with Crippen molar-refractivity contribution in [2.45, 2.75) is 40.0 Å². The zero-order valence-electron chi connectivity index (χ0n) is 10.6. The summed E-state index contributed by atoms with van der Waals surface area (Å²) in [6.45, 7) is 8.00. The van der Waals surface area contributed by atoms with Crippen molar-refractivity contribution in [3.63, 3.8) is 0 Å². The van der Waals surface area contributed by atoms with Crippen molar-refractivity contribution < 1.29 is 9.53 Å². The maximum atomic E-state index is 11.6. The summed E-state index contributed by atoms with van der Waals surface area (Å²) in [5.74, 6) is 0.349. The Kier molecular flexibility index (Phi) is 8.67. The molecule has 0 saturated carbocycles. The highest BCUT2D eigenvalue weighted by molar-refractivity contribution is 6.19. The standard InChI is InChI=1S/C12H24ClNO2/c1-4-5-8-16-9-6-7-14-11(15)12(2,3)10-13/h4-10H2,1-3H3,(H,14,15). The number of unbranched alkanes of at least 4 members (excludes halogenated alkanes) is 1. The first kappa shape index (κ1) is 15.7. The molecule has 0 aromatic rings. The zero-order chi connectivity index (χ0) is 12.4. The summed E-state index contributed by atoms with van der Waals surface area (Å²) in [7, 11) is 0. The minimum absolute atomic E-state index is 0.0102. The van der Waals surface area contributed by atoms with Crippen LogP contribution >= 0.6 is 11.6 Å². The Morgan fingerprint density at radius 1 is 1.31 bits per heavy atom. The number of hydrogen-bond donors (Lipinski definition) is 1.